The molecular weight excluding hydrogens is 379 g/mol. The highest BCUT2D eigenvalue weighted by atomic mass is 35.5. The van der Waals surface area contributed by atoms with Crippen molar-refractivity contribution in [2.24, 2.45) is 0 Å². The number of aromatic nitrogens is 1. The van der Waals surface area contributed by atoms with Crippen molar-refractivity contribution in [1.82, 2.24) is 9.88 Å². The number of rotatable bonds is 3. The summed E-state index contributed by atoms with van der Waals surface area (Å²) < 4.78 is 38.1. The number of pyridine rings is 1. The number of hydrogen-bond donors (Lipinski definition) is 0. The molecule has 27 heavy (non-hydrogen) atoms. The molecule has 1 saturated heterocycles. The van der Waals surface area contributed by atoms with Gasteiger partial charge in [0.05, 0.1) is 10.6 Å². The number of carbonyl (C=O) groups excluding carboxylic acids is 1. The molecule has 1 aromatic heterocycles. The van der Waals surface area contributed by atoms with Gasteiger partial charge >= 0.3 is 6.18 Å². The molecule has 0 radical (unpaired) electrons. The molecule has 0 atom stereocenters. The number of anilines is 1. The maximum Gasteiger partial charge on any atom is 0.417 e. The quantitative estimate of drug-likeness (QED) is 0.734. The minimum atomic E-state index is -4.48. The Labute approximate surface area is 159 Å². The molecule has 0 spiro atoms. The minimum absolute atomic E-state index is 0.0476. The summed E-state index contributed by atoms with van der Waals surface area (Å²) in [4.78, 5) is 19.6. The average molecular weight is 396 g/mol. The summed E-state index contributed by atoms with van der Waals surface area (Å²) in [6.45, 7) is 1.78. The van der Waals surface area contributed by atoms with E-state index in [1.807, 2.05) is 30.3 Å². The van der Waals surface area contributed by atoms with Gasteiger partial charge in [0.15, 0.2) is 0 Å². The normalized spacial score (nSPS) is 15.4. The number of piperazine rings is 1. The summed E-state index contributed by atoms with van der Waals surface area (Å²) in [5, 5.41) is -0.0476. The molecule has 0 bridgehead atoms. The van der Waals surface area contributed by atoms with Crippen molar-refractivity contribution in [3.8, 4) is 0 Å². The van der Waals surface area contributed by atoms with Gasteiger partial charge in [-0.3, -0.25) is 4.79 Å². The second-order valence-electron chi connectivity index (χ2n) is 6.08. The molecule has 0 unspecified atom stereocenters. The lowest BCUT2D eigenvalue weighted by atomic mass is 10.2. The van der Waals surface area contributed by atoms with E-state index >= 15 is 0 Å². The van der Waals surface area contributed by atoms with Crippen LogP contribution < -0.4 is 4.90 Å². The Hall–Kier alpha value is -2.54. The third-order valence-corrected chi connectivity index (χ3v) is 4.54. The van der Waals surface area contributed by atoms with Crippen LogP contribution in [0.1, 0.15) is 11.1 Å². The Morgan fingerprint density at radius 2 is 1.78 bits per heavy atom. The first-order valence-corrected chi connectivity index (χ1v) is 8.72. The van der Waals surface area contributed by atoms with Crippen molar-refractivity contribution in [2.75, 3.05) is 31.1 Å². The number of carbonyl (C=O) groups is 1. The summed E-state index contributed by atoms with van der Waals surface area (Å²) in [6.07, 6.45) is -0.427. The van der Waals surface area contributed by atoms with Crippen molar-refractivity contribution in [3.63, 3.8) is 0 Å². The highest BCUT2D eigenvalue weighted by Crippen LogP contribution is 2.33. The van der Waals surface area contributed by atoms with E-state index in [-0.39, 0.29) is 10.9 Å². The van der Waals surface area contributed by atoms with E-state index < -0.39 is 11.7 Å². The van der Waals surface area contributed by atoms with Gasteiger partial charge in [-0.2, -0.15) is 13.2 Å². The molecule has 8 heteroatoms. The molecule has 4 nitrogen and oxygen atoms in total. The summed E-state index contributed by atoms with van der Waals surface area (Å²) in [6, 6.07) is 10.4. The molecule has 1 fully saturated rings. The predicted molar refractivity (Wildman–Crippen MR) is 98.5 cm³/mol. The number of halogens is 4. The van der Waals surface area contributed by atoms with Gasteiger partial charge in [0.25, 0.3) is 0 Å². The van der Waals surface area contributed by atoms with Gasteiger partial charge in [0.2, 0.25) is 5.91 Å². The third kappa shape index (κ3) is 4.80. The second kappa shape index (κ2) is 8.00. The number of alkyl halides is 3. The van der Waals surface area contributed by atoms with E-state index in [1.165, 1.54) is 6.08 Å². The number of nitrogens with zero attached hydrogens (tertiary/aromatic N) is 3. The van der Waals surface area contributed by atoms with Crippen molar-refractivity contribution < 1.29 is 18.0 Å². The zero-order chi connectivity index (χ0) is 19.4. The molecule has 1 aliphatic rings. The predicted octanol–water partition coefficient (Wildman–Crippen LogP) is 4.12. The zero-order valence-electron chi connectivity index (χ0n) is 14.3. The zero-order valence-corrected chi connectivity index (χ0v) is 15.0. The molecule has 1 aliphatic heterocycles. The van der Waals surface area contributed by atoms with Crippen molar-refractivity contribution in [2.45, 2.75) is 6.18 Å². The van der Waals surface area contributed by atoms with Gasteiger partial charge in [-0.15, -0.1) is 0 Å². The van der Waals surface area contributed by atoms with Crippen LogP contribution in [0.2, 0.25) is 5.02 Å². The Balaban J connectivity index is 1.60. The van der Waals surface area contributed by atoms with Crippen LogP contribution in [0.25, 0.3) is 6.08 Å². The summed E-state index contributed by atoms with van der Waals surface area (Å²) in [7, 11) is 0. The SMILES string of the molecule is O=C(/C=C/c1ccccc1)N1CCN(c2ncc(C(F)(F)F)cc2Cl)CC1. The Morgan fingerprint density at radius 1 is 1.11 bits per heavy atom. The lowest BCUT2D eigenvalue weighted by molar-refractivity contribution is -0.137. The molecule has 0 N–H and O–H groups in total. The summed E-state index contributed by atoms with van der Waals surface area (Å²) in [5.41, 5.74) is 0.0568. The number of benzene rings is 1. The second-order valence-corrected chi connectivity index (χ2v) is 6.49. The third-order valence-electron chi connectivity index (χ3n) is 4.26. The molecule has 1 aromatic carbocycles. The maximum atomic E-state index is 12.7. The maximum absolute atomic E-state index is 12.7. The van der Waals surface area contributed by atoms with E-state index in [0.717, 1.165) is 17.8 Å². The summed E-state index contributed by atoms with van der Waals surface area (Å²) >= 11 is 5.99. The largest absolute Gasteiger partial charge is 0.417 e. The van der Waals surface area contributed by atoms with Crippen LogP contribution in [-0.2, 0) is 11.0 Å². The van der Waals surface area contributed by atoms with Crippen LogP contribution in [0.3, 0.4) is 0 Å². The first-order chi connectivity index (χ1) is 12.8. The monoisotopic (exact) mass is 395 g/mol. The first-order valence-electron chi connectivity index (χ1n) is 8.34. The van der Waals surface area contributed by atoms with Gasteiger partial charge in [0, 0.05) is 38.5 Å². The molecule has 142 valence electrons. The minimum Gasteiger partial charge on any atom is -0.352 e. The van der Waals surface area contributed by atoms with Gasteiger partial charge in [-0.25, -0.2) is 4.98 Å². The van der Waals surface area contributed by atoms with E-state index in [2.05, 4.69) is 4.98 Å². The van der Waals surface area contributed by atoms with E-state index in [4.69, 9.17) is 11.6 Å². The molecule has 2 aromatic rings. The molecule has 1 amide bonds. The lowest BCUT2D eigenvalue weighted by Crippen LogP contribution is -2.48. The standard InChI is InChI=1S/C19H17ClF3N3O/c20-16-12-15(19(21,22)23)13-24-18(16)26-10-8-25(9-11-26)17(27)7-6-14-4-2-1-3-5-14/h1-7,12-13H,8-11H2/b7-6+. The smallest absolute Gasteiger partial charge is 0.352 e. The lowest BCUT2D eigenvalue weighted by Gasteiger charge is -2.35. The highest BCUT2D eigenvalue weighted by Gasteiger charge is 2.32. The van der Waals surface area contributed by atoms with E-state index in [0.29, 0.717) is 32.0 Å². The summed E-state index contributed by atoms with van der Waals surface area (Å²) in [5.74, 6) is 0.196. The van der Waals surface area contributed by atoms with Crippen LogP contribution in [0.5, 0.6) is 0 Å². The topological polar surface area (TPSA) is 36.4 Å². The van der Waals surface area contributed by atoms with E-state index in [9.17, 15) is 18.0 Å². The van der Waals surface area contributed by atoms with Gasteiger partial charge in [-0.05, 0) is 17.7 Å². The fraction of sp³-hybridized carbons (Fsp3) is 0.263. The van der Waals surface area contributed by atoms with Crippen LogP contribution in [0, 0.1) is 0 Å². The Morgan fingerprint density at radius 3 is 2.37 bits per heavy atom. The Kier molecular flexibility index (Phi) is 5.70. The van der Waals surface area contributed by atoms with Crippen LogP contribution in [0.15, 0.2) is 48.7 Å². The van der Waals surface area contributed by atoms with Gasteiger partial charge in [-0.1, -0.05) is 41.9 Å². The Bertz CT molecular complexity index is 832. The van der Waals surface area contributed by atoms with Gasteiger partial charge in [0.1, 0.15) is 5.82 Å². The molecule has 3 rings (SSSR count). The first kappa shape index (κ1) is 19.2. The van der Waals surface area contributed by atoms with E-state index in [1.54, 1.807) is 15.9 Å². The molecule has 0 saturated carbocycles. The average Bonchev–Trinajstić information content (AvgIpc) is 2.66. The molecule has 0 aliphatic carbocycles. The van der Waals surface area contributed by atoms with Crippen LogP contribution >= 0.6 is 11.6 Å². The number of amides is 1. The fourth-order valence-corrected chi connectivity index (χ4v) is 3.08. The number of hydrogen-bond acceptors (Lipinski definition) is 3. The van der Waals surface area contributed by atoms with Crippen LogP contribution in [-0.4, -0.2) is 42.0 Å². The fourth-order valence-electron chi connectivity index (χ4n) is 2.79. The van der Waals surface area contributed by atoms with Crippen molar-refractivity contribution in [3.05, 3.63) is 64.8 Å². The van der Waals surface area contributed by atoms with Crippen molar-refractivity contribution >= 4 is 29.4 Å². The highest BCUT2D eigenvalue weighted by molar-refractivity contribution is 6.33. The van der Waals surface area contributed by atoms with Crippen molar-refractivity contribution in [1.29, 1.82) is 0 Å². The van der Waals surface area contributed by atoms with Gasteiger partial charge < -0.3 is 9.80 Å². The molecule has 2 heterocycles. The molecular formula is C19H17ClF3N3O. The van der Waals surface area contributed by atoms with Crippen LogP contribution in [0.4, 0.5) is 19.0 Å².